The Labute approximate surface area is 145 Å². The van der Waals surface area contributed by atoms with Crippen molar-refractivity contribution in [2.24, 2.45) is 0 Å². The summed E-state index contributed by atoms with van der Waals surface area (Å²) in [5.74, 6) is -0.0182. The molecular weight excluding hydrogens is 312 g/mol. The summed E-state index contributed by atoms with van der Waals surface area (Å²) >= 11 is 0. The SMILES string of the molecule is COCc1ccccc1C(=O)NCCNC1CCCCCC1.Cl. The van der Waals surface area contributed by atoms with Crippen molar-refractivity contribution in [3.05, 3.63) is 35.4 Å². The van der Waals surface area contributed by atoms with Gasteiger partial charge in [0.05, 0.1) is 6.61 Å². The van der Waals surface area contributed by atoms with Crippen molar-refractivity contribution >= 4 is 18.3 Å². The van der Waals surface area contributed by atoms with E-state index in [9.17, 15) is 4.79 Å². The molecule has 0 atom stereocenters. The number of hydrogen-bond donors (Lipinski definition) is 2. The minimum Gasteiger partial charge on any atom is -0.380 e. The second kappa shape index (κ2) is 11.4. The van der Waals surface area contributed by atoms with Crippen LogP contribution in [0.25, 0.3) is 0 Å². The molecule has 5 heteroatoms. The number of nitrogens with one attached hydrogen (secondary N) is 2. The highest BCUT2D eigenvalue weighted by Crippen LogP contribution is 2.16. The average molecular weight is 341 g/mol. The maximum atomic E-state index is 12.3. The van der Waals surface area contributed by atoms with Gasteiger partial charge in [0.2, 0.25) is 0 Å². The summed E-state index contributed by atoms with van der Waals surface area (Å²) in [6.45, 7) is 1.96. The molecule has 1 aliphatic rings. The summed E-state index contributed by atoms with van der Waals surface area (Å²) in [4.78, 5) is 12.3. The van der Waals surface area contributed by atoms with Gasteiger partial charge in [-0.05, 0) is 24.5 Å². The van der Waals surface area contributed by atoms with Gasteiger partial charge in [0.25, 0.3) is 5.91 Å². The molecule has 4 nitrogen and oxygen atoms in total. The largest absolute Gasteiger partial charge is 0.380 e. The third-order valence-corrected chi connectivity index (χ3v) is 4.26. The van der Waals surface area contributed by atoms with Gasteiger partial charge in [0.1, 0.15) is 0 Å². The third-order valence-electron chi connectivity index (χ3n) is 4.26. The van der Waals surface area contributed by atoms with Crippen LogP contribution in [0.1, 0.15) is 54.4 Å². The number of carbonyl (C=O) groups is 1. The van der Waals surface area contributed by atoms with Crippen LogP contribution in [0.15, 0.2) is 24.3 Å². The minimum atomic E-state index is -0.0182. The molecule has 1 amide bonds. The zero-order valence-electron chi connectivity index (χ0n) is 14.0. The summed E-state index contributed by atoms with van der Waals surface area (Å²) in [6.07, 6.45) is 7.93. The molecule has 0 aliphatic heterocycles. The van der Waals surface area contributed by atoms with Gasteiger partial charge in [-0.3, -0.25) is 4.79 Å². The van der Waals surface area contributed by atoms with Gasteiger partial charge in [0, 0.05) is 31.8 Å². The van der Waals surface area contributed by atoms with E-state index in [1.807, 2.05) is 24.3 Å². The first-order valence-corrected chi connectivity index (χ1v) is 8.39. The highest BCUT2D eigenvalue weighted by molar-refractivity contribution is 5.95. The lowest BCUT2D eigenvalue weighted by Gasteiger charge is -2.16. The lowest BCUT2D eigenvalue weighted by Crippen LogP contribution is -2.37. The number of carbonyl (C=O) groups excluding carboxylic acids is 1. The van der Waals surface area contributed by atoms with Crippen LogP contribution in [0.4, 0.5) is 0 Å². The summed E-state index contributed by atoms with van der Waals surface area (Å²) in [5.41, 5.74) is 1.64. The summed E-state index contributed by atoms with van der Waals surface area (Å²) < 4.78 is 5.14. The van der Waals surface area contributed by atoms with E-state index >= 15 is 0 Å². The molecule has 130 valence electrons. The summed E-state index contributed by atoms with van der Waals surface area (Å²) in [7, 11) is 1.64. The predicted molar refractivity (Wildman–Crippen MR) is 96.2 cm³/mol. The lowest BCUT2D eigenvalue weighted by molar-refractivity contribution is 0.0948. The standard InChI is InChI=1S/C18H28N2O2.ClH/c1-22-14-15-8-6-7-11-17(15)18(21)20-13-12-19-16-9-4-2-3-5-10-16;/h6-8,11,16,19H,2-5,9-10,12-14H2,1H3,(H,20,21);1H. The Hall–Kier alpha value is -1.10. The van der Waals surface area contributed by atoms with Gasteiger partial charge in [-0.1, -0.05) is 43.9 Å². The monoisotopic (exact) mass is 340 g/mol. The van der Waals surface area contributed by atoms with Crippen LogP contribution in [0.3, 0.4) is 0 Å². The molecule has 1 aromatic rings. The van der Waals surface area contributed by atoms with E-state index in [1.54, 1.807) is 7.11 Å². The van der Waals surface area contributed by atoms with Gasteiger partial charge >= 0.3 is 0 Å². The first-order chi connectivity index (χ1) is 10.8. The van der Waals surface area contributed by atoms with E-state index in [0.29, 0.717) is 24.8 Å². The first-order valence-electron chi connectivity index (χ1n) is 8.39. The Kier molecular flexibility index (Phi) is 9.92. The van der Waals surface area contributed by atoms with Gasteiger partial charge in [-0.2, -0.15) is 0 Å². The van der Waals surface area contributed by atoms with Crippen LogP contribution in [0.2, 0.25) is 0 Å². The maximum Gasteiger partial charge on any atom is 0.251 e. The molecule has 0 aromatic heterocycles. The fourth-order valence-electron chi connectivity index (χ4n) is 3.05. The van der Waals surface area contributed by atoms with Crippen molar-refractivity contribution in [1.29, 1.82) is 0 Å². The van der Waals surface area contributed by atoms with E-state index in [-0.39, 0.29) is 18.3 Å². The number of halogens is 1. The van der Waals surface area contributed by atoms with E-state index < -0.39 is 0 Å². The van der Waals surface area contributed by atoms with Crippen LogP contribution < -0.4 is 10.6 Å². The highest BCUT2D eigenvalue weighted by Gasteiger charge is 2.12. The molecule has 23 heavy (non-hydrogen) atoms. The molecule has 0 saturated heterocycles. The van der Waals surface area contributed by atoms with Gasteiger partial charge in [-0.15, -0.1) is 12.4 Å². The van der Waals surface area contributed by atoms with Crippen molar-refractivity contribution in [3.8, 4) is 0 Å². The Balaban J connectivity index is 0.00000264. The summed E-state index contributed by atoms with van der Waals surface area (Å²) in [6, 6.07) is 8.22. The Morgan fingerprint density at radius 2 is 1.83 bits per heavy atom. The van der Waals surface area contributed by atoms with Crippen LogP contribution in [0.5, 0.6) is 0 Å². The smallest absolute Gasteiger partial charge is 0.251 e. The Morgan fingerprint density at radius 3 is 2.52 bits per heavy atom. The molecule has 0 spiro atoms. The highest BCUT2D eigenvalue weighted by atomic mass is 35.5. The number of hydrogen-bond acceptors (Lipinski definition) is 3. The lowest BCUT2D eigenvalue weighted by atomic mass is 10.1. The molecule has 0 bridgehead atoms. The van der Waals surface area contributed by atoms with Gasteiger partial charge in [-0.25, -0.2) is 0 Å². The zero-order chi connectivity index (χ0) is 15.6. The molecule has 1 saturated carbocycles. The van der Waals surface area contributed by atoms with Crippen LogP contribution >= 0.6 is 12.4 Å². The average Bonchev–Trinajstić information content (AvgIpc) is 2.81. The van der Waals surface area contributed by atoms with E-state index in [0.717, 1.165) is 12.1 Å². The Bertz CT molecular complexity index is 460. The van der Waals surface area contributed by atoms with Crippen molar-refractivity contribution in [3.63, 3.8) is 0 Å². The molecule has 1 aromatic carbocycles. The van der Waals surface area contributed by atoms with Crippen molar-refractivity contribution in [1.82, 2.24) is 10.6 Å². The minimum absolute atomic E-state index is 0. The third kappa shape index (κ3) is 6.90. The molecule has 0 heterocycles. The number of rotatable bonds is 7. The molecular formula is C18H29ClN2O2. The van der Waals surface area contributed by atoms with Gasteiger partial charge < -0.3 is 15.4 Å². The molecule has 0 radical (unpaired) electrons. The normalized spacial score (nSPS) is 15.5. The number of ether oxygens (including phenoxy) is 1. The van der Waals surface area contributed by atoms with Crippen molar-refractivity contribution in [2.75, 3.05) is 20.2 Å². The van der Waals surface area contributed by atoms with E-state index in [4.69, 9.17) is 4.74 Å². The van der Waals surface area contributed by atoms with Crippen LogP contribution in [0, 0.1) is 0 Å². The second-order valence-electron chi connectivity index (χ2n) is 5.99. The van der Waals surface area contributed by atoms with E-state index in [2.05, 4.69) is 10.6 Å². The number of methoxy groups -OCH3 is 1. The molecule has 2 N–H and O–H groups in total. The summed E-state index contributed by atoms with van der Waals surface area (Å²) in [5, 5.41) is 6.56. The quantitative estimate of drug-likeness (QED) is 0.591. The molecule has 1 aliphatic carbocycles. The van der Waals surface area contributed by atoms with Crippen LogP contribution in [-0.4, -0.2) is 32.1 Å². The molecule has 1 fully saturated rings. The topological polar surface area (TPSA) is 50.4 Å². The zero-order valence-corrected chi connectivity index (χ0v) is 14.8. The molecule has 2 rings (SSSR count). The van der Waals surface area contributed by atoms with Gasteiger partial charge in [0.15, 0.2) is 0 Å². The maximum absolute atomic E-state index is 12.3. The number of amides is 1. The second-order valence-corrected chi connectivity index (χ2v) is 5.99. The van der Waals surface area contributed by atoms with Crippen LogP contribution in [-0.2, 0) is 11.3 Å². The fourth-order valence-corrected chi connectivity index (χ4v) is 3.05. The molecule has 0 unspecified atom stereocenters. The number of benzene rings is 1. The fraction of sp³-hybridized carbons (Fsp3) is 0.611. The predicted octanol–water partition coefficient (Wildman–Crippen LogP) is 3.30. The Morgan fingerprint density at radius 1 is 1.13 bits per heavy atom. The van der Waals surface area contributed by atoms with Crippen molar-refractivity contribution < 1.29 is 9.53 Å². The van der Waals surface area contributed by atoms with E-state index in [1.165, 1.54) is 38.5 Å². The first kappa shape index (κ1) is 19.9. The van der Waals surface area contributed by atoms with Crippen molar-refractivity contribution in [2.45, 2.75) is 51.2 Å².